The Morgan fingerprint density at radius 2 is 1.76 bits per heavy atom. The van der Waals surface area contributed by atoms with E-state index < -0.39 is 0 Å². The summed E-state index contributed by atoms with van der Waals surface area (Å²) in [5.41, 5.74) is 7.75. The molecule has 0 bridgehead atoms. The van der Waals surface area contributed by atoms with Gasteiger partial charge in [0, 0.05) is 67.3 Å². The number of piperazine rings is 1. The van der Waals surface area contributed by atoms with Crippen LogP contribution in [0.5, 0.6) is 5.75 Å². The minimum atomic E-state index is -0.0778. The number of hydrogen-bond acceptors (Lipinski definition) is 6. The number of likely N-dealkylation sites (N-methyl/N-ethyl adjacent to an activating group) is 1. The summed E-state index contributed by atoms with van der Waals surface area (Å²) in [5.74, 6) is 0.915. The maximum Gasteiger partial charge on any atom is 0.322 e. The third kappa shape index (κ3) is 4.81. The first-order valence-corrected chi connectivity index (χ1v) is 14.0. The summed E-state index contributed by atoms with van der Waals surface area (Å²) in [6, 6.07) is 18.5. The van der Waals surface area contributed by atoms with Gasteiger partial charge < -0.3 is 24.8 Å². The van der Waals surface area contributed by atoms with Gasteiger partial charge in [-0.2, -0.15) is 0 Å². The van der Waals surface area contributed by atoms with Crippen molar-refractivity contribution in [3.8, 4) is 16.3 Å². The van der Waals surface area contributed by atoms with Gasteiger partial charge in [-0.15, -0.1) is 11.3 Å². The fourth-order valence-corrected chi connectivity index (χ4v) is 6.46. The van der Waals surface area contributed by atoms with Crippen LogP contribution in [0, 0.1) is 6.92 Å². The summed E-state index contributed by atoms with van der Waals surface area (Å²) in [5, 5.41) is 4.09. The predicted molar refractivity (Wildman–Crippen MR) is 156 cm³/mol. The van der Waals surface area contributed by atoms with Crippen molar-refractivity contribution in [2.24, 2.45) is 0 Å². The molecule has 6 rings (SSSR count). The molecule has 0 aliphatic carbocycles. The third-order valence-electron chi connectivity index (χ3n) is 7.62. The Morgan fingerprint density at radius 1 is 0.974 bits per heavy atom. The van der Waals surface area contributed by atoms with Crippen LogP contribution in [0.4, 0.5) is 16.2 Å². The lowest BCUT2D eigenvalue weighted by Crippen LogP contribution is -2.46. The second-order valence-electron chi connectivity index (χ2n) is 10.2. The standard InChI is InChI=1S/C30H33N5O2S/c1-20-4-9-25-28(18-20)38-29(32-25)21-5-7-22(8-6-21)31-30(36)35-13-12-23-24(19-35)26(10-11-27(23)37-3)34-16-14-33(2)15-17-34/h4-11,18H,12-17,19H2,1-3H3,(H,31,36). The zero-order valence-corrected chi connectivity index (χ0v) is 23.0. The summed E-state index contributed by atoms with van der Waals surface area (Å²) in [7, 11) is 3.89. The van der Waals surface area contributed by atoms with E-state index >= 15 is 0 Å². The monoisotopic (exact) mass is 527 g/mol. The molecule has 1 N–H and O–H groups in total. The molecule has 2 amide bonds. The molecule has 196 valence electrons. The zero-order chi connectivity index (χ0) is 26.2. The lowest BCUT2D eigenvalue weighted by molar-refractivity contribution is 0.206. The molecule has 1 fully saturated rings. The van der Waals surface area contributed by atoms with Gasteiger partial charge in [-0.05, 0) is 74.5 Å². The summed E-state index contributed by atoms with van der Waals surface area (Å²) in [6.45, 7) is 7.38. The molecule has 0 radical (unpaired) electrons. The molecule has 1 saturated heterocycles. The van der Waals surface area contributed by atoms with Crippen LogP contribution in [0.15, 0.2) is 54.6 Å². The number of methoxy groups -OCH3 is 1. The van der Waals surface area contributed by atoms with Crippen LogP contribution in [0.2, 0.25) is 0 Å². The van der Waals surface area contributed by atoms with Gasteiger partial charge in [0.1, 0.15) is 10.8 Å². The number of carbonyl (C=O) groups is 1. The molecule has 0 spiro atoms. The van der Waals surface area contributed by atoms with Gasteiger partial charge in [0.05, 0.1) is 17.3 Å². The van der Waals surface area contributed by atoms with Gasteiger partial charge >= 0.3 is 6.03 Å². The van der Waals surface area contributed by atoms with Crippen molar-refractivity contribution in [2.75, 3.05) is 57.1 Å². The topological polar surface area (TPSA) is 60.9 Å². The molecule has 0 atom stereocenters. The number of thiazole rings is 1. The number of amides is 2. The molecule has 1 aromatic heterocycles. The van der Waals surface area contributed by atoms with Crippen molar-refractivity contribution < 1.29 is 9.53 Å². The maximum absolute atomic E-state index is 13.3. The Kier molecular flexibility index (Phi) is 6.68. The van der Waals surface area contributed by atoms with E-state index in [0.717, 1.165) is 60.1 Å². The van der Waals surface area contributed by atoms with E-state index in [1.54, 1.807) is 18.4 Å². The second-order valence-corrected chi connectivity index (χ2v) is 11.2. The molecule has 0 unspecified atom stereocenters. The third-order valence-corrected chi connectivity index (χ3v) is 8.69. The minimum absolute atomic E-state index is 0.0778. The Morgan fingerprint density at radius 3 is 2.53 bits per heavy atom. The molecule has 3 aromatic carbocycles. The highest BCUT2D eigenvalue weighted by atomic mass is 32.1. The molecule has 2 aliphatic heterocycles. The summed E-state index contributed by atoms with van der Waals surface area (Å²) in [4.78, 5) is 24.8. The van der Waals surface area contributed by atoms with E-state index in [4.69, 9.17) is 9.72 Å². The van der Waals surface area contributed by atoms with Crippen LogP contribution in [0.3, 0.4) is 0 Å². The van der Waals surface area contributed by atoms with Crippen LogP contribution in [0.25, 0.3) is 20.8 Å². The summed E-state index contributed by atoms with van der Waals surface area (Å²) < 4.78 is 6.88. The molecule has 3 heterocycles. The number of hydrogen-bond donors (Lipinski definition) is 1. The summed E-state index contributed by atoms with van der Waals surface area (Å²) >= 11 is 1.69. The molecule has 8 heteroatoms. The normalized spacial score (nSPS) is 16.0. The number of nitrogens with one attached hydrogen (secondary N) is 1. The van der Waals surface area contributed by atoms with Crippen molar-refractivity contribution in [2.45, 2.75) is 19.9 Å². The highest BCUT2D eigenvalue weighted by molar-refractivity contribution is 7.21. The van der Waals surface area contributed by atoms with Gasteiger partial charge in [-0.25, -0.2) is 9.78 Å². The number of anilines is 2. The van der Waals surface area contributed by atoms with Gasteiger partial charge in [0.25, 0.3) is 0 Å². The van der Waals surface area contributed by atoms with Crippen molar-refractivity contribution in [1.82, 2.24) is 14.8 Å². The van der Waals surface area contributed by atoms with Crippen molar-refractivity contribution in [3.63, 3.8) is 0 Å². The highest BCUT2D eigenvalue weighted by Gasteiger charge is 2.28. The first-order chi connectivity index (χ1) is 18.5. The fourth-order valence-electron chi connectivity index (χ4n) is 5.39. The number of aromatic nitrogens is 1. The molecule has 4 aromatic rings. The number of benzene rings is 3. The smallest absolute Gasteiger partial charge is 0.322 e. The van der Waals surface area contributed by atoms with E-state index in [1.807, 2.05) is 29.2 Å². The Balaban J connectivity index is 1.18. The van der Waals surface area contributed by atoms with Crippen molar-refractivity contribution >= 4 is 39.0 Å². The SMILES string of the molecule is COc1ccc(N2CCN(C)CC2)c2c1CCN(C(=O)Nc1ccc(-c3nc4ccc(C)cc4s3)cc1)C2. The van der Waals surface area contributed by atoms with E-state index in [0.29, 0.717) is 13.1 Å². The first-order valence-electron chi connectivity index (χ1n) is 13.1. The van der Waals surface area contributed by atoms with Crippen LogP contribution in [0.1, 0.15) is 16.7 Å². The van der Waals surface area contributed by atoms with Crippen molar-refractivity contribution in [3.05, 3.63) is 71.3 Å². The molecule has 0 saturated carbocycles. The number of nitrogens with zero attached hydrogens (tertiary/aromatic N) is 4. The van der Waals surface area contributed by atoms with E-state index in [1.165, 1.54) is 27.1 Å². The maximum atomic E-state index is 13.3. The number of aryl methyl sites for hydroxylation is 1. The van der Waals surface area contributed by atoms with E-state index in [-0.39, 0.29) is 6.03 Å². The fraction of sp³-hybridized carbons (Fsp3) is 0.333. The van der Waals surface area contributed by atoms with Crippen LogP contribution < -0.4 is 15.0 Å². The van der Waals surface area contributed by atoms with Crippen LogP contribution in [-0.4, -0.2) is 67.7 Å². The minimum Gasteiger partial charge on any atom is -0.496 e. The number of urea groups is 1. The van der Waals surface area contributed by atoms with E-state index in [2.05, 4.69) is 59.4 Å². The molecular formula is C30H33N5O2S. The Labute approximate surface area is 227 Å². The Hall–Kier alpha value is -3.62. The van der Waals surface area contributed by atoms with Gasteiger partial charge in [-0.1, -0.05) is 6.07 Å². The van der Waals surface area contributed by atoms with Gasteiger partial charge in [0.2, 0.25) is 0 Å². The van der Waals surface area contributed by atoms with Crippen LogP contribution in [-0.2, 0) is 13.0 Å². The molecular weight excluding hydrogens is 494 g/mol. The largest absolute Gasteiger partial charge is 0.496 e. The molecule has 38 heavy (non-hydrogen) atoms. The highest BCUT2D eigenvalue weighted by Crippen LogP contribution is 2.36. The van der Waals surface area contributed by atoms with Crippen molar-refractivity contribution in [1.29, 1.82) is 0 Å². The number of fused-ring (bicyclic) bond motifs is 2. The lowest BCUT2D eigenvalue weighted by Gasteiger charge is -2.38. The van der Waals surface area contributed by atoms with Crippen LogP contribution >= 0.6 is 11.3 Å². The lowest BCUT2D eigenvalue weighted by atomic mass is 9.96. The van der Waals surface area contributed by atoms with E-state index in [9.17, 15) is 4.79 Å². The number of carbonyl (C=O) groups excluding carboxylic acids is 1. The van der Waals surface area contributed by atoms with Gasteiger partial charge in [0.15, 0.2) is 0 Å². The quantitative estimate of drug-likeness (QED) is 0.373. The first kappa shape index (κ1) is 24.7. The predicted octanol–water partition coefficient (Wildman–Crippen LogP) is 5.62. The number of rotatable bonds is 4. The second kappa shape index (κ2) is 10.3. The molecule has 7 nitrogen and oxygen atoms in total. The molecule has 2 aliphatic rings. The summed E-state index contributed by atoms with van der Waals surface area (Å²) in [6.07, 6.45) is 0.781. The average Bonchev–Trinajstić information content (AvgIpc) is 3.36. The zero-order valence-electron chi connectivity index (χ0n) is 22.2. The average molecular weight is 528 g/mol. The Bertz CT molecular complexity index is 1470. The number of ether oxygens (including phenoxy) is 1. The van der Waals surface area contributed by atoms with Gasteiger partial charge in [-0.3, -0.25) is 0 Å².